The van der Waals surface area contributed by atoms with E-state index in [0.29, 0.717) is 11.2 Å². The summed E-state index contributed by atoms with van der Waals surface area (Å²) in [7, 11) is 4.30. The number of hydrogen-bond donors (Lipinski definition) is 5. The standard InChI is InChI=1S/C17H25ClFNO3.C9H8ClFO4.C8H8ClFO2.C8H19N.C7H15NOSe.C6H4ClFO.Li.H/c1-16(2,3)9-17(4,5)20-15(21)13-12(23-10-22-6)8-7-11(18)14(13)19;1-14-4-15-6-3-2-5(10)8(11)7(6)9(12)13;1-11-5-12-6-2-3-7(9)8(10)4-6;1-7(2,3)6-8(4,5)9;1-2-3-4-8-7(5-9)6-10;7-5-2-1-4(9)3-6(5)8;;/h7-8H,9-10H2,1-6H3,(H,20,21);2-3H,4H2,1H3,(H,12,13);2-4H,5H2,1H3;6,9H2,1-5H3;5,7-8,10H,2-4,6H2,1H3;1-3,9H;;/q;;;;;;+1;-1/t;;;;7-;;;/m....1.../s1. The molecule has 0 unspecified atom stereocenters. The maximum absolute atomic E-state index is 14.3. The molecular weight excluding hydrogens is 1180 g/mol. The molecule has 79 heavy (non-hydrogen) atoms. The Bertz CT molecular complexity index is 2410. The Labute approximate surface area is 506 Å². The number of halogens is 8. The molecule has 4 rings (SSSR count). The summed E-state index contributed by atoms with van der Waals surface area (Å²) in [5.41, 5.74) is 4.86. The van der Waals surface area contributed by atoms with E-state index in [4.69, 9.17) is 81.3 Å². The van der Waals surface area contributed by atoms with Crippen molar-refractivity contribution in [2.75, 3.05) is 48.3 Å². The summed E-state index contributed by atoms with van der Waals surface area (Å²) in [4.78, 5) is 33.6. The number of aromatic carboxylic acids is 1. The van der Waals surface area contributed by atoms with Gasteiger partial charge in [-0.15, -0.1) is 0 Å². The molecule has 444 valence electrons. The molecular formula is C55H80Cl4F4LiN3O11Se. The number of unbranched alkanes of at least 4 members (excludes halogenated alkanes) is 1. The number of ether oxygens (including phenoxy) is 6. The number of hydrogen-bond acceptors (Lipinski definition) is 12. The van der Waals surface area contributed by atoms with Crippen LogP contribution in [0.1, 0.15) is 124 Å². The number of benzene rings is 4. The van der Waals surface area contributed by atoms with Gasteiger partial charge >= 0.3 is 94.9 Å². The SMILES string of the molecule is CC(C)(C)CC(C)(C)N.CCCCN[C@H](C=O)C[SeH].COCOc1ccc(Cl)c(F)c1.COCOc1ccc(Cl)c(F)c1C(=O)NC(C)(C)CC(C)(C)C.COCOc1ccc(Cl)c(F)c1C(=O)O.Oc1ccc(Cl)c(F)c1.[H-].[Li+]. The van der Waals surface area contributed by atoms with Crippen LogP contribution in [0.4, 0.5) is 17.6 Å². The molecule has 0 saturated carbocycles. The predicted octanol–water partition coefficient (Wildman–Crippen LogP) is 10.8. The first kappa shape index (κ1) is 79.7. The molecule has 1 atom stereocenters. The fourth-order valence-corrected chi connectivity index (χ4v) is 7.87. The second-order valence-electron chi connectivity index (χ2n) is 20.6. The number of amides is 1. The van der Waals surface area contributed by atoms with Gasteiger partial charge in [-0.25, -0.2) is 22.4 Å². The van der Waals surface area contributed by atoms with Crippen molar-refractivity contribution in [3.8, 4) is 23.0 Å². The third-order valence-corrected chi connectivity index (χ3v) is 11.1. The van der Waals surface area contributed by atoms with Crippen LogP contribution in [0.3, 0.4) is 0 Å². The van der Waals surface area contributed by atoms with E-state index < -0.39 is 46.2 Å². The first-order chi connectivity index (χ1) is 36.0. The van der Waals surface area contributed by atoms with Gasteiger partial charge in [0, 0.05) is 44.5 Å². The smallest absolute Gasteiger partial charge is 1.00 e. The second kappa shape index (κ2) is 40.6. The van der Waals surface area contributed by atoms with Gasteiger partial charge in [-0.3, -0.25) is 4.79 Å². The number of nitrogens with two attached hydrogens (primary N) is 1. The molecule has 0 spiro atoms. The molecule has 0 aliphatic heterocycles. The van der Waals surface area contributed by atoms with Crippen LogP contribution in [0, 0.1) is 34.1 Å². The van der Waals surface area contributed by atoms with Crippen LogP contribution in [0.25, 0.3) is 0 Å². The normalized spacial score (nSPS) is 11.3. The van der Waals surface area contributed by atoms with E-state index in [1.54, 1.807) is 6.07 Å². The maximum Gasteiger partial charge on any atom is 1.00 e. The van der Waals surface area contributed by atoms with Crippen LogP contribution in [0.2, 0.25) is 25.4 Å². The summed E-state index contributed by atoms with van der Waals surface area (Å²) < 4.78 is 81.8. The Morgan fingerprint density at radius 3 is 1.49 bits per heavy atom. The summed E-state index contributed by atoms with van der Waals surface area (Å²) in [6.07, 6.45) is 5.09. The van der Waals surface area contributed by atoms with Gasteiger partial charge in [0.1, 0.15) is 45.8 Å². The van der Waals surface area contributed by atoms with E-state index in [-0.39, 0.29) is 101 Å². The van der Waals surface area contributed by atoms with Crippen molar-refractivity contribution >= 4 is 80.6 Å². The number of carboxylic acid groups (broad SMARTS) is 1. The van der Waals surface area contributed by atoms with Crippen molar-refractivity contribution in [1.29, 1.82) is 0 Å². The van der Waals surface area contributed by atoms with Gasteiger partial charge in [0.05, 0.1) is 20.1 Å². The Hall–Kier alpha value is -3.51. The monoisotopic (exact) mass is 1260 g/mol. The number of nitrogens with one attached hydrogen (secondary N) is 2. The molecule has 0 saturated heterocycles. The minimum Gasteiger partial charge on any atom is -1.00 e. The van der Waals surface area contributed by atoms with Crippen molar-refractivity contribution in [2.24, 2.45) is 16.6 Å². The van der Waals surface area contributed by atoms with Crippen molar-refractivity contribution < 1.29 is 90.9 Å². The van der Waals surface area contributed by atoms with Gasteiger partial charge in [-0.05, 0) is 99.9 Å². The fourth-order valence-electron chi connectivity index (χ4n) is 6.87. The van der Waals surface area contributed by atoms with E-state index >= 15 is 0 Å². The van der Waals surface area contributed by atoms with Crippen LogP contribution < -0.4 is 49.4 Å². The first-order valence-electron chi connectivity index (χ1n) is 24.1. The quantitative estimate of drug-likeness (QED) is 0.0184. The van der Waals surface area contributed by atoms with Gasteiger partial charge in [-0.2, -0.15) is 0 Å². The van der Waals surface area contributed by atoms with Crippen molar-refractivity contribution in [2.45, 2.75) is 124 Å². The predicted molar refractivity (Wildman–Crippen MR) is 306 cm³/mol. The third-order valence-electron chi connectivity index (χ3n) is 9.06. The zero-order valence-electron chi connectivity index (χ0n) is 48.9. The number of aldehydes is 1. The van der Waals surface area contributed by atoms with Crippen LogP contribution in [-0.2, 0) is 19.0 Å². The molecule has 1 amide bonds. The van der Waals surface area contributed by atoms with Gasteiger partial charge in [0.2, 0.25) is 0 Å². The zero-order valence-corrected chi connectivity index (χ0v) is 52.8. The molecule has 0 fully saturated rings. The molecule has 4 aromatic carbocycles. The van der Waals surface area contributed by atoms with Gasteiger partial charge in [0.25, 0.3) is 5.91 Å². The van der Waals surface area contributed by atoms with E-state index in [1.807, 2.05) is 13.8 Å². The second-order valence-corrected chi connectivity index (χ2v) is 23.0. The summed E-state index contributed by atoms with van der Waals surface area (Å²) in [6.45, 7) is 23.7. The van der Waals surface area contributed by atoms with E-state index in [0.717, 1.165) is 43.5 Å². The van der Waals surface area contributed by atoms with Crippen molar-refractivity contribution in [3.05, 3.63) is 115 Å². The Balaban J connectivity index is -0.000000448. The van der Waals surface area contributed by atoms with Crippen molar-refractivity contribution in [3.63, 3.8) is 0 Å². The number of carbonyl (C=O) groups is 3. The van der Waals surface area contributed by atoms with Crippen LogP contribution in [-0.4, -0.2) is 110 Å². The molecule has 0 bridgehead atoms. The fraction of sp³-hybridized carbons (Fsp3) is 0.509. The molecule has 6 N–H and O–H groups in total. The maximum atomic E-state index is 14.3. The molecule has 0 aliphatic rings. The number of aromatic hydroxyl groups is 1. The molecule has 0 aliphatic carbocycles. The van der Waals surface area contributed by atoms with Crippen molar-refractivity contribution in [1.82, 2.24) is 10.6 Å². The summed E-state index contributed by atoms with van der Waals surface area (Å²) in [5.74, 6) is -4.66. The summed E-state index contributed by atoms with van der Waals surface area (Å²) in [6, 6.07) is 13.1. The number of methoxy groups -OCH3 is 3. The number of rotatable bonds is 20. The Morgan fingerprint density at radius 1 is 0.696 bits per heavy atom. The average molecular weight is 1260 g/mol. The van der Waals surface area contributed by atoms with Gasteiger partial charge in [-0.1, -0.05) is 87.9 Å². The number of carbonyl (C=O) groups excluding carboxylic acids is 2. The molecule has 0 heterocycles. The van der Waals surface area contributed by atoms with Crippen LogP contribution >= 0.6 is 46.4 Å². The Kier molecular flexibility index (Phi) is 41.0. The number of phenols is 1. The average Bonchev–Trinajstić information content (AvgIpc) is 3.31. The topological polar surface area (TPSA) is 197 Å². The summed E-state index contributed by atoms with van der Waals surface area (Å²) >= 11 is 24.4. The van der Waals surface area contributed by atoms with E-state index in [1.165, 1.54) is 76.3 Å². The number of carboxylic acids is 1. The summed E-state index contributed by atoms with van der Waals surface area (Å²) in [5, 5.41) is 23.9. The largest absolute Gasteiger partial charge is 1.00 e. The minimum absolute atomic E-state index is 0. The Morgan fingerprint density at radius 2 is 1.13 bits per heavy atom. The van der Waals surface area contributed by atoms with Gasteiger partial charge in [0.15, 0.2) is 32.0 Å². The molecule has 0 radical (unpaired) electrons. The van der Waals surface area contributed by atoms with Gasteiger partial charge < -0.3 is 51.1 Å². The van der Waals surface area contributed by atoms with Crippen LogP contribution in [0.15, 0.2) is 60.7 Å². The molecule has 24 heteroatoms. The molecule has 0 aromatic heterocycles. The molecule has 4 aromatic rings. The zero-order chi connectivity index (χ0) is 60.6. The molecule has 14 nitrogen and oxygen atoms in total. The van der Waals surface area contributed by atoms with E-state index in [2.05, 4.69) is 98.4 Å². The third kappa shape index (κ3) is 37.3. The van der Waals surface area contributed by atoms with E-state index in [9.17, 15) is 31.9 Å². The first-order valence-corrected chi connectivity index (χ1v) is 26.9. The number of phenolic OH excluding ortho intramolecular Hbond substituents is 1. The minimum atomic E-state index is -1.44. The van der Waals surface area contributed by atoms with Crippen LogP contribution in [0.5, 0.6) is 23.0 Å².